The second-order valence-electron chi connectivity index (χ2n) is 5.05. The van der Waals surface area contributed by atoms with Crippen molar-refractivity contribution in [1.82, 2.24) is 5.32 Å². The third-order valence-corrected chi connectivity index (χ3v) is 6.01. The predicted molar refractivity (Wildman–Crippen MR) is 89.8 cm³/mol. The van der Waals surface area contributed by atoms with E-state index in [0.29, 0.717) is 9.97 Å². The SMILES string of the molecule is CCC(CC)(CNCc1c(Cl)oc2ccccc12)SC. The lowest BCUT2D eigenvalue weighted by molar-refractivity contribution is 0.493. The van der Waals surface area contributed by atoms with Crippen LogP contribution in [0.5, 0.6) is 0 Å². The predicted octanol–water partition coefficient (Wildman–Crippen LogP) is 5.10. The van der Waals surface area contributed by atoms with Crippen molar-refractivity contribution in [1.29, 1.82) is 0 Å². The molecule has 0 radical (unpaired) electrons. The first-order chi connectivity index (χ1) is 9.65. The smallest absolute Gasteiger partial charge is 0.199 e. The summed E-state index contributed by atoms with van der Waals surface area (Å²) < 4.78 is 5.89. The molecule has 1 aromatic carbocycles. The monoisotopic (exact) mass is 311 g/mol. The molecule has 4 heteroatoms. The summed E-state index contributed by atoms with van der Waals surface area (Å²) in [5.41, 5.74) is 1.92. The second-order valence-corrected chi connectivity index (χ2v) is 6.67. The van der Waals surface area contributed by atoms with Gasteiger partial charge in [0, 0.05) is 28.8 Å². The van der Waals surface area contributed by atoms with E-state index in [0.717, 1.165) is 42.5 Å². The maximum Gasteiger partial charge on any atom is 0.199 e. The van der Waals surface area contributed by atoms with E-state index in [4.69, 9.17) is 16.0 Å². The fourth-order valence-corrected chi connectivity index (χ4v) is 3.59. The topological polar surface area (TPSA) is 25.2 Å². The molecule has 20 heavy (non-hydrogen) atoms. The van der Waals surface area contributed by atoms with E-state index in [1.807, 2.05) is 30.0 Å². The van der Waals surface area contributed by atoms with Crippen molar-refractivity contribution in [3.8, 4) is 0 Å². The van der Waals surface area contributed by atoms with Crippen molar-refractivity contribution >= 4 is 34.3 Å². The van der Waals surface area contributed by atoms with Crippen molar-refractivity contribution in [2.75, 3.05) is 12.8 Å². The van der Waals surface area contributed by atoms with Gasteiger partial charge in [0.25, 0.3) is 0 Å². The number of rotatable bonds is 7. The van der Waals surface area contributed by atoms with Gasteiger partial charge in [0.15, 0.2) is 5.22 Å². The normalized spacial score (nSPS) is 12.2. The Hall–Kier alpha value is -0.640. The molecular weight excluding hydrogens is 290 g/mol. The molecule has 0 aliphatic rings. The van der Waals surface area contributed by atoms with E-state index < -0.39 is 0 Å². The van der Waals surface area contributed by atoms with Gasteiger partial charge in [0.05, 0.1) is 0 Å². The van der Waals surface area contributed by atoms with Crippen molar-refractivity contribution in [2.45, 2.75) is 38.0 Å². The molecule has 0 unspecified atom stereocenters. The van der Waals surface area contributed by atoms with E-state index in [1.54, 1.807) is 0 Å². The highest BCUT2D eigenvalue weighted by Crippen LogP contribution is 2.31. The Kier molecular flexibility index (Phi) is 5.42. The molecule has 0 amide bonds. The van der Waals surface area contributed by atoms with E-state index in [9.17, 15) is 0 Å². The summed E-state index contributed by atoms with van der Waals surface area (Å²) in [5.74, 6) is 0. The number of para-hydroxylation sites is 1. The minimum Gasteiger partial charge on any atom is -0.444 e. The molecule has 1 N–H and O–H groups in total. The Bertz CT molecular complexity index is 554. The Labute approximate surface area is 130 Å². The molecule has 2 nitrogen and oxygen atoms in total. The van der Waals surface area contributed by atoms with Gasteiger partial charge in [-0.3, -0.25) is 0 Å². The Morgan fingerprint density at radius 3 is 2.60 bits per heavy atom. The van der Waals surface area contributed by atoms with Crippen LogP contribution in [0.4, 0.5) is 0 Å². The first-order valence-corrected chi connectivity index (χ1v) is 8.68. The zero-order valence-corrected chi connectivity index (χ0v) is 13.9. The zero-order chi connectivity index (χ0) is 14.6. The number of thioether (sulfide) groups is 1. The number of hydrogen-bond acceptors (Lipinski definition) is 3. The Morgan fingerprint density at radius 2 is 1.95 bits per heavy atom. The lowest BCUT2D eigenvalue weighted by Gasteiger charge is -2.30. The number of hydrogen-bond donors (Lipinski definition) is 1. The van der Waals surface area contributed by atoms with Gasteiger partial charge in [-0.1, -0.05) is 32.0 Å². The van der Waals surface area contributed by atoms with Gasteiger partial charge in [-0.2, -0.15) is 11.8 Å². The molecule has 0 atom stereocenters. The average molecular weight is 312 g/mol. The number of benzene rings is 1. The van der Waals surface area contributed by atoms with E-state index in [-0.39, 0.29) is 0 Å². The van der Waals surface area contributed by atoms with Crippen LogP contribution in [0, 0.1) is 0 Å². The van der Waals surface area contributed by atoms with Crippen LogP contribution in [0.1, 0.15) is 32.3 Å². The quantitative estimate of drug-likeness (QED) is 0.770. The lowest BCUT2D eigenvalue weighted by Crippen LogP contribution is -2.36. The lowest BCUT2D eigenvalue weighted by atomic mass is 10.0. The summed E-state index contributed by atoms with van der Waals surface area (Å²) in [6.45, 7) is 6.24. The fraction of sp³-hybridized carbons (Fsp3) is 0.500. The van der Waals surface area contributed by atoms with Crippen molar-refractivity contribution in [3.63, 3.8) is 0 Å². The molecule has 0 aliphatic carbocycles. The van der Waals surface area contributed by atoms with Gasteiger partial charge in [-0.15, -0.1) is 0 Å². The van der Waals surface area contributed by atoms with E-state index >= 15 is 0 Å². The summed E-state index contributed by atoms with van der Waals surface area (Å²) in [7, 11) is 0. The molecule has 2 aromatic rings. The Balaban J connectivity index is 2.08. The molecule has 0 saturated heterocycles. The first-order valence-electron chi connectivity index (χ1n) is 7.07. The highest BCUT2D eigenvalue weighted by Gasteiger charge is 2.24. The van der Waals surface area contributed by atoms with E-state index in [1.165, 1.54) is 0 Å². The van der Waals surface area contributed by atoms with Crippen molar-refractivity contribution in [2.24, 2.45) is 0 Å². The van der Waals surface area contributed by atoms with Gasteiger partial charge < -0.3 is 9.73 Å². The van der Waals surface area contributed by atoms with Crippen LogP contribution in [0.2, 0.25) is 5.22 Å². The number of fused-ring (bicyclic) bond motifs is 1. The summed E-state index contributed by atoms with van der Waals surface area (Å²) in [6.07, 6.45) is 4.52. The molecule has 110 valence electrons. The summed E-state index contributed by atoms with van der Waals surface area (Å²) in [4.78, 5) is 0. The van der Waals surface area contributed by atoms with Gasteiger partial charge in [0.2, 0.25) is 0 Å². The summed E-state index contributed by atoms with van der Waals surface area (Å²) >= 11 is 8.15. The van der Waals surface area contributed by atoms with Crippen LogP contribution < -0.4 is 5.32 Å². The van der Waals surface area contributed by atoms with Crippen LogP contribution in [0.3, 0.4) is 0 Å². The van der Waals surface area contributed by atoms with Crippen molar-refractivity contribution < 1.29 is 4.42 Å². The highest BCUT2D eigenvalue weighted by atomic mass is 35.5. The molecular formula is C16H22ClNOS. The highest BCUT2D eigenvalue weighted by molar-refractivity contribution is 8.00. The van der Waals surface area contributed by atoms with Gasteiger partial charge in [-0.25, -0.2) is 0 Å². The third kappa shape index (κ3) is 3.16. The molecule has 1 aromatic heterocycles. The molecule has 0 fully saturated rings. The van der Waals surface area contributed by atoms with Crippen LogP contribution in [0.15, 0.2) is 28.7 Å². The number of nitrogens with one attached hydrogen (secondary N) is 1. The van der Waals surface area contributed by atoms with Crippen LogP contribution in [-0.4, -0.2) is 17.5 Å². The van der Waals surface area contributed by atoms with Crippen molar-refractivity contribution in [3.05, 3.63) is 35.0 Å². The Morgan fingerprint density at radius 1 is 1.25 bits per heavy atom. The maximum atomic E-state index is 6.21. The summed E-state index contributed by atoms with van der Waals surface area (Å²) in [5, 5.41) is 5.15. The molecule has 2 rings (SSSR count). The molecule has 1 heterocycles. The van der Waals surface area contributed by atoms with Crippen LogP contribution in [0.25, 0.3) is 11.0 Å². The maximum absolute atomic E-state index is 6.21. The van der Waals surface area contributed by atoms with Crippen LogP contribution >= 0.6 is 23.4 Å². The first kappa shape index (κ1) is 15.7. The van der Waals surface area contributed by atoms with Gasteiger partial charge in [-0.05, 0) is 36.8 Å². The number of halogens is 1. The summed E-state index contributed by atoms with van der Waals surface area (Å²) in [6, 6.07) is 7.99. The minimum absolute atomic E-state index is 0.312. The van der Waals surface area contributed by atoms with Gasteiger partial charge in [0.1, 0.15) is 5.58 Å². The second kappa shape index (κ2) is 6.88. The number of furan rings is 1. The molecule has 0 spiro atoms. The largest absolute Gasteiger partial charge is 0.444 e. The molecule has 0 aliphatic heterocycles. The average Bonchev–Trinajstić information content (AvgIpc) is 2.80. The van der Waals surface area contributed by atoms with Crippen LogP contribution in [-0.2, 0) is 6.54 Å². The minimum atomic E-state index is 0.312. The van der Waals surface area contributed by atoms with Gasteiger partial charge >= 0.3 is 0 Å². The zero-order valence-electron chi connectivity index (χ0n) is 12.3. The molecule has 0 bridgehead atoms. The molecule has 0 saturated carbocycles. The van der Waals surface area contributed by atoms with E-state index in [2.05, 4.69) is 31.5 Å². The third-order valence-electron chi connectivity index (χ3n) is 4.12. The standard InChI is InChI=1S/C16H22ClNOS/c1-4-16(5-2,20-3)11-18-10-13-12-8-6-7-9-14(12)19-15(13)17/h6-9,18H,4-5,10-11H2,1-3H3. The fourth-order valence-electron chi connectivity index (χ4n) is 2.51.